The number of aliphatic imine (C=N–C) groups is 1. The van der Waals surface area contributed by atoms with Crippen LogP contribution in [-0.2, 0) is 19.7 Å². The maximum absolute atomic E-state index is 13.4. The predicted octanol–water partition coefficient (Wildman–Crippen LogP) is 3.20. The summed E-state index contributed by atoms with van der Waals surface area (Å²) in [5.41, 5.74) is 2.23. The van der Waals surface area contributed by atoms with Gasteiger partial charge in [0.25, 0.3) is 0 Å². The van der Waals surface area contributed by atoms with Crippen LogP contribution in [0.3, 0.4) is 0 Å². The van der Waals surface area contributed by atoms with Gasteiger partial charge in [-0.15, -0.1) is 24.0 Å². The predicted molar refractivity (Wildman–Crippen MR) is 112 cm³/mol. The van der Waals surface area contributed by atoms with Gasteiger partial charge in [0, 0.05) is 18.7 Å². The van der Waals surface area contributed by atoms with Gasteiger partial charge in [0.1, 0.15) is 11.6 Å². The molecular weight excluding hydrogens is 448 g/mol. The van der Waals surface area contributed by atoms with Gasteiger partial charge in [-0.25, -0.2) is 9.38 Å². The molecular formula is C19H25FIN3O2. The van der Waals surface area contributed by atoms with Gasteiger partial charge in [-0.05, 0) is 42.3 Å². The standard InChI is InChI=1S/C19H24FN3O2.HI/c1-3-21-19(22-11-14-4-7-17(25-2)8-5-14)23-12-15-6-9-18(20)16(10-15)13-24;/h4-10,24H,3,11-13H2,1-2H3,(H2,21,22,23);1H. The Kier molecular flexibility index (Phi) is 9.97. The average Bonchev–Trinajstić information content (AvgIpc) is 2.65. The van der Waals surface area contributed by atoms with Crippen LogP contribution in [0.2, 0.25) is 0 Å². The lowest BCUT2D eigenvalue weighted by Crippen LogP contribution is -2.36. The Morgan fingerprint density at radius 2 is 1.81 bits per heavy atom. The zero-order valence-electron chi connectivity index (χ0n) is 15.0. The highest BCUT2D eigenvalue weighted by Gasteiger charge is 2.03. The number of nitrogens with zero attached hydrogens (tertiary/aromatic N) is 1. The molecule has 2 aromatic rings. The third-order valence-corrected chi connectivity index (χ3v) is 3.66. The first-order chi connectivity index (χ1) is 12.2. The van der Waals surface area contributed by atoms with E-state index in [2.05, 4.69) is 15.6 Å². The second-order valence-corrected chi connectivity index (χ2v) is 5.48. The van der Waals surface area contributed by atoms with Crippen molar-refractivity contribution in [1.82, 2.24) is 10.6 Å². The van der Waals surface area contributed by atoms with Crippen molar-refractivity contribution < 1.29 is 14.2 Å². The van der Waals surface area contributed by atoms with Crippen LogP contribution >= 0.6 is 24.0 Å². The third kappa shape index (κ3) is 6.80. The molecule has 0 fully saturated rings. The molecule has 0 radical (unpaired) electrons. The van der Waals surface area contributed by atoms with E-state index in [1.807, 2.05) is 31.2 Å². The number of halogens is 2. The minimum atomic E-state index is -0.403. The molecule has 0 saturated carbocycles. The molecule has 0 unspecified atom stereocenters. The number of rotatable bonds is 7. The number of guanidine groups is 1. The highest BCUT2D eigenvalue weighted by atomic mass is 127. The lowest BCUT2D eigenvalue weighted by Gasteiger charge is -2.12. The number of aliphatic hydroxyl groups excluding tert-OH is 1. The average molecular weight is 473 g/mol. The summed E-state index contributed by atoms with van der Waals surface area (Å²) < 4.78 is 18.6. The normalized spacial score (nSPS) is 10.8. The maximum atomic E-state index is 13.4. The van der Waals surface area contributed by atoms with E-state index in [4.69, 9.17) is 9.84 Å². The maximum Gasteiger partial charge on any atom is 0.191 e. The number of methoxy groups -OCH3 is 1. The summed E-state index contributed by atoms with van der Waals surface area (Å²) in [5.74, 6) is 1.09. The molecule has 0 amide bonds. The van der Waals surface area contributed by atoms with E-state index < -0.39 is 5.82 Å². The van der Waals surface area contributed by atoms with E-state index in [0.29, 0.717) is 19.0 Å². The minimum absolute atomic E-state index is 0. The summed E-state index contributed by atoms with van der Waals surface area (Å²) in [4.78, 5) is 4.50. The number of benzene rings is 2. The Hall–Kier alpha value is -1.87. The van der Waals surface area contributed by atoms with E-state index >= 15 is 0 Å². The molecule has 0 aliphatic rings. The molecule has 0 aliphatic carbocycles. The van der Waals surface area contributed by atoms with Crippen LogP contribution in [0.5, 0.6) is 5.75 Å². The molecule has 0 bridgehead atoms. The summed E-state index contributed by atoms with van der Waals surface area (Å²) in [6.07, 6.45) is 0. The highest BCUT2D eigenvalue weighted by molar-refractivity contribution is 14.0. The zero-order valence-corrected chi connectivity index (χ0v) is 17.3. The summed E-state index contributed by atoms with van der Waals surface area (Å²) >= 11 is 0. The first kappa shape index (κ1) is 22.2. The number of hydrogen-bond donors (Lipinski definition) is 3. The molecule has 2 rings (SSSR count). The first-order valence-corrected chi connectivity index (χ1v) is 8.19. The largest absolute Gasteiger partial charge is 0.497 e. The molecule has 0 saturated heterocycles. The SMILES string of the molecule is CCNC(=NCc1ccc(F)c(CO)c1)NCc1ccc(OC)cc1.I. The number of ether oxygens (including phenoxy) is 1. The molecule has 0 aliphatic heterocycles. The summed E-state index contributed by atoms with van der Waals surface area (Å²) in [5, 5.41) is 15.6. The molecule has 0 spiro atoms. The van der Waals surface area contributed by atoms with E-state index in [-0.39, 0.29) is 36.1 Å². The van der Waals surface area contributed by atoms with E-state index in [9.17, 15) is 4.39 Å². The van der Waals surface area contributed by atoms with Crippen LogP contribution < -0.4 is 15.4 Å². The van der Waals surface area contributed by atoms with E-state index in [0.717, 1.165) is 23.4 Å². The summed E-state index contributed by atoms with van der Waals surface area (Å²) in [6, 6.07) is 12.5. The van der Waals surface area contributed by atoms with Gasteiger partial charge in [-0.1, -0.05) is 18.2 Å². The Balaban J connectivity index is 0.00000338. The Labute approximate surface area is 170 Å². The van der Waals surface area contributed by atoms with E-state index in [1.54, 1.807) is 19.2 Å². The third-order valence-electron chi connectivity index (χ3n) is 3.66. The van der Waals surface area contributed by atoms with Gasteiger partial charge in [-0.2, -0.15) is 0 Å². The fraction of sp³-hybridized carbons (Fsp3) is 0.316. The van der Waals surface area contributed by atoms with Crippen molar-refractivity contribution in [2.75, 3.05) is 13.7 Å². The highest BCUT2D eigenvalue weighted by Crippen LogP contribution is 2.12. The van der Waals surface area contributed by atoms with Crippen molar-refractivity contribution in [3.8, 4) is 5.75 Å². The van der Waals surface area contributed by atoms with Gasteiger partial charge in [0.15, 0.2) is 5.96 Å². The molecule has 0 atom stereocenters. The van der Waals surface area contributed by atoms with Gasteiger partial charge in [0.05, 0.1) is 20.3 Å². The Bertz CT molecular complexity index is 708. The van der Waals surface area contributed by atoms with Crippen molar-refractivity contribution in [2.45, 2.75) is 26.6 Å². The fourth-order valence-corrected chi connectivity index (χ4v) is 2.29. The number of hydrogen-bond acceptors (Lipinski definition) is 3. The van der Waals surface area contributed by atoms with Crippen molar-refractivity contribution in [3.63, 3.8) is 0 Å². The quantitative estimate of drug-likeness (QED) is 0.329. The van der Waals surface area contributed by atoms with E-state index in [1.165, 1.54) is 6.07 Å². The van der Waals surface area contributed by atoms with Crippen LogP contribution in [0.25, 0.3) is 0 Å². The molecule has 142 valence electrons. The molecule has 5 nitrogen and oxygen atoms in total. The van der Waals surface area contributed by atoms with Crippen molar-refractivity contribution in [1.29, 1.82) is 0 Å². The fourth-order valence-electron chi connectivity index (χ4n) is 2.29. The Morgan fingerprint density at radius 1 is 1.12 bits per heavy atom. The second-order valence-electron chi connectivity index (χ2n) is 5.48. The lowest BCUT2D eigenvalue weighted by atomic mass is 10.1. The first-order valence-electron chi connectivity index (χ1n) is 8.19. The minimum Gasteiger partial charge on any atom is -0.497 e. The van der Waals surface area contributed by atoms with Crippen LogP contribution in [-0.4, -0.2) is 24.7 Å². The lowest BCUT2D eigenvalue weighted by molar-refractivity contribution is 0.275. The van der Waals surface area contributed by atoms with Crippen molar-refractivity contribution in [3.05, 3.63) is 65.0 Å². The van der Waals surface area contributed by atoms with Gasteiger partial charge in [0.2, 0.25) is 0 Å². The van der Waals surface area contributed by atoms with Crippen LogP contribution in [0, 0.1) is 5.82 Å². The van der Waals surface area contributed by atoms with Gasteiger partial charge in [-0.3, -0.25) is 0 Å². The number of aliphatic hydroxyl groups is 1. The monoisotopic (exact) mass is 473 g/mol. The molecule has 26 heavy (non-hydrogen) atoms. The molecule has 3 N–H and O–H groups in total. The van der Waals surface area contributed by atoms with Crippen LogP contribution in [0.15, 0.2) is 47.5 Å². The van der Waals surface area contributed by atoms with Gasteiger partial charge < -0.3 is 20.5 Å². The topological polar surface area (TPSA) is 65.9 Å². The second kappa shape index (κ2) is 11.7. The molecule has 7 heteroatoms. The van der Waals surface area contributed by atoms with Crippen molar-refractivity contribution in [2.24, 2.45) is 4.99 Å². The zero-order chi connectivity index (χ0) is 18.1. The smallest absolute Gasteiger partial charge is 0.191 e. The summed E-state index contributed by atoms with van der Waals surface area (Å²) in [6.45, 7) is 3.43. The number of nitrogens with one attached hydrogen (secondary N) is 2. The summed E-state index contributed by atoms with van der Waals surface area (Å²) in [7, 11) is 1.64. The molecule has 0 aromatic heterocycles. The van der Waals surface area contributed by atoms with Crippen LogP contribution in [0.1, 0.15) is 23.6 Å². The Morgan fingerprint density at radius 3 is 2.42 bits per heavy atom. The molecule has 2 aromatic carbocycles. The van der Waals surface area contributed by atoms with Crippen molar-refractivity contribution >= 4 is 29.9 Å². The molecule has 0 heterocycles. The van der Waals surface area contributed by atoms with Crippen LogP contribution in [0.4, 0.5) is 4.39 Å². The van der Waals surface area contributed by atoms with Gasteiger partial charge >= 0.3 is 0 Å².